The van der Waals surface area contributed by atoms with Crippen molar-refractivity contribution in [1.29, 1.82) is 0 Å². The van der Waals surface area contributed by atoms with Crippen molar-refractivity contribution in [3.05, 3.63) is 66.0 Å². The Morgan fingerprint density at radius 1 is 1.04 bits per heavy atom. The predicted molar refractivity (Wildman–Crippen MR) is 102 cm³/mol. The van der Waals surface area contributed by atoms with Gasteiger partial charge in [0.25, 0.3) is 5.91 Å². The number of nitrogens with zero attached hydrogens (tertiary/aromatic N) is 1. The van der Waals surface area contributed by atoms with Gasteiger partial charge in [-0.15, -0.1) is 0 Å². The highest BCUT2D eigenvalue weighted by molar-refractivity contribution is 5.74. The fraction of sp³-hybridized carbons (Fsp3) is 0.455. The standard InChI is InChI=1S/C22H30N2O/c1-4-20(5-2)21-13-15-24(16-14-21)17-22(25)23-18(3)11-12-19-9-7-6-8-10-19/h6-10,13-16,18,20H,4-5,11-12,17H2,1-3H3/p+1/t18-/m0/s1. The summed E-state index contributed by atoms with van der Waals surface area (Å²) in [5.74, 6) is 0.683. The first-order valence-corrected chi connectivity index (χ1v) is 9.44. The minimum Gasteiger partial charge on any atom is -0.348 e. The molecule has 1 aromatic carbocycles. The Kier molecular flexibility index (Phi) is 7.65. The highest BCUT2D eigenvalue weighted by Crippen LogP contribution is 2.21. The van der Waals surface area contributed by atoms with Crippen molar-refractivity contribution in [3.8, 4) is 0 Å². The molecule has 3 nitrogen and oxygen atoms in total. The maximum absolute atomic E-state index is 12.2. The van der Waals surface area contributed by atoms with Gasteiger partial charge < -0.3 is 5.32 Å². The van der Waals surface area contributed by atoms with Gasteiger partial charge in [-0.05, 0) is 49.7 Å². The Labute approximate surface area is 152 Å². The summed E-state index contributed by atoms with van der Waals surface area (Å²) in [6, 6.07) is 14.9. The van der Waals surface area contributed by atoms with Crippen molar-refractivity contribution >= 4 is 5.91 Å². The molecule has 2 aromatic rings. The lowest BCUT2D eigenvalue weighted by molar-refractivity contribution is -0.684. The van der Waals surface area contributed by atoms with Gasteiger partial charge in [-0.1, -0.05) is 44.2 Å². The minimum atomic E-state index is 0.0702. The van der Waals surface area contributed by atoms with E-state index in [0.29, 0.717) is 12.5 Å². The molecule has 0 unspecified atom stereocenters. The molecular formula is C22H31N2O+. The molecule has 0 aliphatic carbocycles. The van der Waals surface area contributed by atoms with Crippen LogP contribution in [0.3, 0.4) is 0 Å². The molecule has 1 N–H and O–H groups in total. The van der Waals surface area contributed by atoms with Gasteiger partial charge in [0.15, 0.2) is 12.4 Å². The zero-order chi connectivity index (χ0) is 18.1. The zero-order valence-corrected chi connectivity index (χ0v) is 15.7. The maximum atomic E-state index is 12.2. The summed E-state index contributed by atoms with van der Waals surface area (Å²) in [6.45, 7) is 6.89. The summed E-state index contributed by atoms with van der Waals surface area (Å²) >= 11 is 0. The van der Waals surface area contributed by atoms with Crippen LogP contribution in [0.4, 0.5) is 0 Å². The number of aryl methyl sites for hydroxylation is 1. The van der Waals surface area contributed by atoms with Gasteiger partial charge in [-0.2, -0.15) is 4.57 Å². The first-order valence-electron chi connectivity index (χ1n) is 9.44. The maximum Gasteiger partial charge on any atom is 0.286 e. The van der Waals surface area contributed by atoms with Gasteiger partial charge in [0, 0.05) is 18.2 Å². The highest BCUT2D eigenvalue weighted by atomic mass is 16.2. The summed E-state index contributed by atoms with van der Waals surface area (Å²) in [7, 11) is 0. The molecule has 3 heteroatoms. The number of carbonyl (C=O) groups excluding carboxylic acids is 1. The number of aromatic nitrogens is 1. The summed E-state index contributed by atoms with van der Waals surface area (Å²) < 4.78 is 1.95. The van der Waals surface area contributed by atoms with Crippen LogP contribution >= 0.6 is 0 Å². The van der Waals surface area contributed by atoms with Crippen LogP contribution in [0.1, 0.15) is 57.1 Å². The molecule has 25 heavy (non-hydrogen) atoms. The summed E-state index contributed by atoms with van der Waals surface area (Å²) in [5.41, 5.74) is 2.67. The van der Waals surface area contributed by atoms with Crippen LogP contribution in [0.5, 0.6) is 0 Å². The number of hydrogen-bond donors (Lipinski definition) is 1. The fourth-order valence-corrected chi connectivity index (χ4v) is 3.19. The number of pyridine rings is 1. The molecular weight excluding hydrogens is 308 g/mol. The SMILES string of the molecule is CCC(CC)c1cc[n+](CC(=O)N[C@@H](C)CCc2ccccc2)cc1. The average molecular weight is 340 g/mol. The number of benzene rings is 1. The van der Waals surface area contributed by atoms with E-state index in [9.17, 15) is 4.79 Å². The second-order valence-electron chi connectivity index (χ2n) is 6.81. The molecule has 0 bridgehead atoms. The van der Waals surface area contributed by atoms with Crippen LogP contribution in [0.15, 0.2) is 54.9 Å². The Bertz CT molecular complexity index is 633. The Hall–Kier alpha value is -2.16. The van der Waals surface area contributed by atoms with Crippen LogP contribution < -0.4 is 9.88 Å². The second-order valence-corrected chi connectivity index (χ2v) is 6.81. The first kappa shape index (κ1) is 19.2. The third-order valence-electron chi connectivity index (χ3n) is 4.82. The smallest absolute Gasteiger partial charge is 0.286 e. The molecule has 1 heterocycles. The average Bonchev–Trinajstić information content (AvgIpc) is 2.63. The number of carbonyl (C=O) groups is 1. The van der Waals surface area contributed by atoms with E-state index >= 15 is 0 Å². The normalized spacial score (nSPS) is 12.2. The van der Waals surface area contributed by atoms with Crippen molar-refractivity contribution in [2.75, 3.05) is 0 Å². The largest absolute Gasteiger partial charge is 0.348 e. The monoisotopic (exact) mass is 339 g/mol. The van der Waals surface area contributed by atoms with Crippen LogP contribution in [-0.2, 0) is 17.8 Å². The molecule has 1 aromatic heterocycles. The van der Waals surface area contributed by atoms with E-state index in [2.05, 4.69) is 62.5 Å². The van der Waals surface area contributed by atoms with Gasteiger partial charge in [0.05, 0.1) is 0 Å². The highest BCUT2D eigenvalue weighted by Gasteiger charge is 2.14. The molecule has 1 atom stereocenters. The minimum absolute atomic E-state index is 0.0702. The van der Waals surface area contributed by atoms with Crippen molar-refractivity contribution < 1.29 is 9.36 Å². The summed E-state index contributed by atoms with van der Waals surface area (Å²) in [4.78, 5) is 12.2. The Morgan fingerprint density at radius 2 is 1.68 bits per heavy atom. The molecule has 0 saturated heterocycles. The van der Waals surface area contributed by atoms with Crippen molar-refractivity contribution in [2.24, 2.45) is 0 Å². The summed E-state index contributed by atoms with van der Waals surface area (Å²) in [6.07, 6.45) is 8.27. The molecule has 2 rings (SSSR count). The van der Waals surface area contributed by atoms with Crippen LogP contribution in [0.2, 0.25) is 0 Å². The lowest BCUT2D eigenvalue weighted by atomic mass is 9.95. The predicted octanol–water partition coefficient (Wildman–Crippen LogP) is 4.02. The third-order valence-corrected chi connectivity index (χ3v) is 4.82. The quantitative estimate of drug-likeness (QED) is 0.688. The topological polar surface area (TPSA) is 33.0 Å². The Balaban J connectivity index is 1.79. The van der Waals surface area contributed by atoms with Gasteiger partial charge in [0.2, 0.25) is 6.54 Å². The van der Waals surface area contributed by atoms with Gasteiger partial charge in [-0.25, -0.2) is 0 Å². The van der Waals surface area contributed by atoms with E-state index in [1.165, 1.54) is 11.1 Å². The number of amides is 1. The third kappa shape index (κ3) is 6.33. The lowest BCUT2D eigenvalue weighted by Crippen LogP contribution is -2.45. The molecule has 0 fully saturated rings. The van der Waals surface area contributed by atoms with Gasteiger partial charge >= 0.3 is 0 Å². The molecule has 0 saturated carbocycles. The van der Waals surface area contributed by atoms with Crippen LogP contribution in [-0.4, -0.2) is 11.9 Å². The van der Waals surface area contributed by atoms with Crippen LogP contribution in [0.25, 0.3) is 0 Å². The van der Waals surface area contributed by atoms with E-state index in [1.807, 2.05) is 23.0 Å². The number of rotatable bonds is 9. The van der Waals surface area contributed by atoms with E-state index < -0.39 is 0 Å². The van der Waals surface area contributed by atoms with Crippen molar-refractivity contribution in [2.45, 2.75) is 65.0 Å². The van der Waals surface area contributed by atoms with E-state index in [4.69, 9.17) is 0 Å². The summed E-state index contributed by atoms with van der Waals surface area (Å²) in [5, 5.41) is 3.10. The molecule has 0 aliphatic heterocycles. The van der Waals surface area contributed by atoms with E-state index in [1.54, 1.807) is 0 Å². The molecule has 0 spiro atoms. The molecule has 0 aliphatic rings. The second kappa shape index (κ2) is 9.97. The van der Waals surface area contributed by atoms with Crippen LogP contribution in [0, 0.1) is 0 Å². The number of nitrogens with one attached hydrogen (secondary N) is 1. The molecule has 1 amide bonds. The van der Waals surface area contributed by atoms with E-state index in [-0.39, 0.29) is 11.9 Å². The van der Waals surface area contributed by atoms with Crippen molar-refractivity contribution in [3.63, 3.8) is 0 Å². The first-order chi connectivity index (χ1) is 12.1. The van der Waals surface area contributed by atoms with E-state index in [0.717, 1.165) is 25.7 Å². The number of hydrogen-bond acceptors (Lipinski definition) is 1. The van der Waals surface area contributed by atoms with Gasteiger partial charge in [0.1, 0.15) is 0 Å². The molecule has 0 radical (unpaired) electrons. The fourth-order valence-electron chi connectivity index (χ4n) is 3.19. The van der Waals surface area contributed by atoms with Gasteiger partial charge in [-0.3, -0.25) is 4.79 Å². The molecule has 134 valence electrons. The van der Waals surface area contributed by atoms with Crippen molar-refractivity contribution in [1.82, 2.24) is 5.32 Å². The lowest BCUT2D eigenvalue weighted by Gasteiger charge is -2.13. The zero-order valence-electron chi connectivity index (χ0n) is 15.7. The Morgan fingerprint density at radius 3 is 2.28 bits per heavy atom.